The van der Waals surface area contributed by atoms with Crippen LogP contribution in [0.4, 0.5) is 0 Å². The van der Waals surface area contributed by atoms with Crippen LogP contribution in [0.2, 0.25) is 0 Å². The fraction of sp³-hybridized carbons (Fsp3) is 0.571. The van der Waals surface area contributed by atoms with Crippen molar-refractivity contribution in [1.82, 2.24) is 30.3 Å². The highest BCUT2D eigenvalue weighted by molar-refractivity contribution is 5.79. The first-order chi connectivity index (χ1) is 13.8. The van der Waals surface area contributed by atoms with Crippen LogP contribution >= 0.6 is 0 Å². The summed E-state index contributed by atoms with van der Waals surface area (Å²) in [6.07, 6.45) is 6.03. The summed E-state index contributed by atoms with van der Waals surface area (Å²) >= 11 is 0. The molecule has 2 aromatic rings. The number of fused-ring (bicyclic) bond motifs is 1. The molecule has 0 amide bonds. The molecule has 2 N–H and O–H groups in total. The third-order valence-corrected chi connectivity index (χ3v) is 5.80. The maximum absolute atomic E-state index is 4.41. The van der Waals surface area contributed by atoms with Gasteiger partial charge < -0.3 is 15.2 Å². The topological polar surface area (TPSA) is 70.4 Å². The first kappa shape index (κ1) is 18.9. The second kappa shape index (κ2) is 9.19. The molecule has 7 heteroatoms. The molecule has 0 aliphatic carbocycles. The van der Waals surface area contributed by atoms with Gasteiger partial charge in [-0.05, 0) is 44.3 Å². The van der Waals surface area contributed by atoms with Crippen LogP contribution in [0.1, 0.15) is 48.9 Å². The van der Waals surface area contributed by atoms with Gasteiger partial charge in [-0.3, -0.25) is 9.89 Å². The van der Waals surface area contributed by atoms with Gasteiger partial charge >= 0.3 is 0 Å². The van der Waals surface area contributed by atoms with Gasteiger partial charge in [-0.25, -0.2) is 0 Å². The van der Waals surface area contributed by atoms with E-state index in [4.69, 9.17) is 0 Å². The van der Waals surface area contributed by atoms with Crippen molar-refractivity contribution in [2.24, 2.45) is 4.99 Å². The van der Waals surface area contributed by atoms with Crippen LogP contribution in [0, 0.1) is 0 Å². The Kier molecular flexibility index (Phi) is 6.21. The zero-order valence-electron chi connectivity index (χ0n) is 16.8. The van der Waals surface area contributed by atoms with Gasteiger partial charge in [0.2, 0.25) is 0 Å². The molecule has 1 saturated heterocycles. The molecule has 1 fully saturated rings. The van der Waals surface area contributed by atoms with Crippen LogP contribution in [-0.2, 0) is 19.5 Å². The monoisotopic (exact) mass is 381 g/mol. The molecule has 28 heavy (non-hydrogen) atoms. The summed E-state index contributed by atoms with van der Waals surface area (Å²) in [6.45, 7) is 4.84. The summed E-state index contributed by atoms with van der Waals surface area (Å²) in [5, 5.41) is 15.6. The molecule has 0 saturated carbocycles. The Morgan fingerprint density at radius 2 is 1.82 bits per heavy atom. The minimum atomic E-state index is 0.364. The van der Waals surface area contributed by atoms with E-state index in [9.17, 15) is 0 Å². The Labute approximate surface area is 167 Å². The average Bonchev–Trinajstić information content (AvgIpc) is 3.42. The molecule has 2 aliphatic rings. The Bertz CT molecular complexity index is 777. The predicted molar refractivity (Wildman–Crippen MR) is 111 cm³/mol. The normalized spacial score (nSPS) is 18.7. The summed E-state index contributed by atoms with van der Waals surface area (Å²) in [7, 11) is 1.82. The summed E-state index contributed by atoms with van der Waals surface area (Å²) in [4.78, 5) is 6.98. The van der Waals surface area contributed by atoms with Crippen molar-refractivity contribution in [2.45, 2.75) is 51.2 Å². The molecule has 1 unspecified atom stereocenters. The van der Waals surface area contributed by atoms with Crippen molar-refractivity contribution >= 4 is 5.96 Å². The molecule has 4 rings (SSSR count). The summed E-state index contributed by atoms with van der Waals surface area (Å²) in [5.74, 6) is 2.93. The van der Waals surface area contributed by atoms with E-state index in [0.717, 1.165) is 37.1 Å². The van der Waals surface area contributed by atoms with Gasteiger partial charge in [0.1, 0.15) is 5.82 Å². The van der Waals surface area contributed by atoms with Crippen LogP contribution in [0.3, 0.4) is 0 Å². The van der Waals surface area contributed by atoms with Gasteiger partial charge in [0.25, 0.3) is 0 Å². The second-order valence-electron chi connectivity index (χ2n) is 7.62. The van der Waals surface area contributed by atoms with Crippen LogP contribution in [0.15, 0.2) is 35.3 Å². The summed E-state index contributed by atoms with van der Waals surface area (Å²) in [5.41, 5.74) is 1.36. The minimum absolute atomic E-state index is 0.364. The van der Waals surface area contributed by atoms with Crippen LogP contribution in [0.25, 0.3) is 0 Å². The molecule has 0 bridgehead atoms. The van der Waals surface area contributed by atoms with E-state index >= 15 is 0 Å². The van der Waals surface area contributed by atoms with E-state index < -0.39 is 0 Å². The Morgan fingerprint density at radius 1 is 1.04 bits per heavy atom. The highest BCUT2D eigenvalue weighted by Crippen LogP contribution is 2.24. The van der Waals surface area contributed by atoms with Gasteiger partial charge in [0.15, 0.2) is 11.8 Å². The maximum Gasteiger partial charge on any atom is 0.191 e. The van der Waals surface area contributed by atoms with Crippen molar-refractivity contribution in [3.63, 3.8) is 0 Å². The zero-order valence-corrected chi connectivity index (χ0v) is 16.8. The van der Waals surface area contributed by atoms with E-state index in [-0.39, 0.29) is 0 Å². The predicted octanol–water partition coefficient (Wildman–Crippen LogP) is 2.12. The lowest BCUT2D eigenvalue weighted by Crippen LogP contribution is -2.42. The lowest BCUT2D eigenvalue weighted by atomic mass is 10.1. The SMILES string of the molecule is CN=C(NCc1nnc2n1CCCC2)NCC(c1ccccc1)N1CCCC1. The molecular weight excluding hydrogens is 350 g/mol. The van der Waals surface area contributed by atoms with E-state index in [0.29, 0.717) is 12.6 Å². The van der Waals surface area contributed by atoms with Crippen LogP contribution in [0.5, 0.6) is 0 Å². The van der Waals surface area contributed by atoms with E-state index in [1.807, 2.05) is 7.05 Å². The number of hydrogen-bond acceptors (Lipinski definition) is 4. The van der Waals surface area contributed by atoms with Crippen molar-refractivity contribution in [1.29, 1.82) is 0 Å². The standard InChI is InChI=1S/C21H31N7/c1-22-21(24-16-20-26-25-19-11-5-6-14-28(19)20)23-15-18(27-12-7-8-13-27)17-9-3-2-4-10-17/h2-4,9-10,18H,5-8,11-16H2,1H3,(H2,22,23,24). The number of rotatable bonds is 6. The quantitative estimate of drug-likeness (QED) is 0.592. The van der Waals surface area contributed by atoms with Crippen LogP contribution < -0.4 is 10.6 Å². The lowest BCUT2D eigenvalue weighted by Gasteiger charge is -2.29. The maximum atomic E-state index is 4.41. The number of aromatic nitrogens is 3. The molecule has 1 aromatic heterocycles. The van der Waals surface area contributed by atoms with Crippen LogP contribution in [-0.4, -0.2) is 52.3 Å². The number of aliphatic imine (C=N–C) groups is 1. The fourth-order valence-electron chi connectivity index (χ4n) is 4.26. The Morgan fingerprint density at radius 3 is 2.61 bits per heavy atom. The number of nitrogens with zero attached hydrogens (tertiary/aromatic N) is 5. The first-order valence-electron chi connectivity index (χ1n) is 10.5. The highest BCUT2D eigenvalue weighted by Gasteiger charge is 2.23. The largest absolute Gasteiger partial charge is 0.354 e. The number of guanidine groups is 1. The van der Waals surface area contributed by atoms with Gasteiger partial charge in [-0.2, -0.15) is 0 Å². The molecule has 3 heterocycles. The van der Waals surface area contributed by atoms with Gasteiger partial charge in [0, 0.05) is 26.6 Å². The fourth-order valence-corrected chi connectivity index (χ4v) is 4.26. The third-order valence-electron chi connectivity index (χ3n) is 5.80. The molecule has 7 nitrogen and oxygen atoms in total. The van der Waals surface area contributed by atoms with E-state index in [2.05, 4.69) is 65.6 Å². The Hall–Kier alpha value is -2.41. The third kappa shape index (κ3) is 4.35. The van der Waals surface area contributed by atoms with Gasteiger partial charge in [0.05, 0.1) is 12.6 Å². The molecule has 0 radical (unpaired) electrons. The van der Waals surface area contributed by atoms with Gasteiger partial charge in [-0.1, -0.05) is 30.3 Å². The minimum Gasteiger partial charge on any atom is -0.354 e. The Balaban J connectivity index is 1.36. The smallest absolute Gasteiger partial charge is 0.191 e. The molecule has 0 spiro atoms. The average molecular weight is 382 g/mol. The summed E-state index contributed by atoms with van der Waals surface area (Å²) in [6, 6.07) is 11.1. The first-order valence-corrected chi connectivity index (χ1v) is 10.5. The van der Waals surface area contributed by atoms with E-state index in [1.54, 1.807) is 0 Å². The molecule has 1 aromatic carbocycles. The van der Waals surface area contributed by atoms with Crippen molar-refractivity contribution in [3.05, 3.63) is 47.5 Å². The molecule has 150 valence electrons. The number of hydrogen-bond donors (Lipinski definition) is 2. The molecule has 1 atom stereocenters. The zero-order chi connectivity index (χ0) is 19.2. The van der Waals surface area contributed by atoms with Gasteiger partial charge in [-0.15, -0.1) is 10.2 Å². The van der Waals surface area contributed by atoms with Crippen molar-refractivity contribution < 1.29 is 0 Å². The number of benzene rings is 1. The second-order valence-corrected chi connectivity index (χ2v) is 7.62. The lowest BCUT2D eigenvalue weighted by molar-refractivity contribution is 0.245. The van der Waals surface area contributed by atoms with E-state index in [1.165, 1.54) is 44.3 Å². The van der Waals surface area contributed by atoms with Crippen molar-refractivity contribution in [3.8, 4) is 0 Å². The molecular formula is C21H31N7. The highest BCUT2D eigenvalue weighted by atomic mass is 15.3. The molecule has 2 aliphatic heterocycles. The number of aryl methyl sites for hydroxylation is 1. The number of likely N-dealkylation sites (tertiary alicyclic amines) is 1. The number of nitrogens with one attached hydrogen (secondary N) is 2. The van der Waals surface area contributed by atoms with Crippen molar-refractivity contribution in [2.75, 3.05) is 26.7 Å². The summed E-state index contributed by atoms with van der Waals surface area (Å²) < 4.78 is 2.25.